The third-order valence-electron chi connectivity index (χ3n) is 3.58. The second kappa shape index (κ2) is 8.33. The van der Waals surface area contributed by atoms with Crippen molar-refractivity contribution in [1.82, 2.24) is 10.6 Å². The summed E-state index contributed by atoms with van der Waals surface area (Å²) < 4.78 is 28.8. The Labute approximate surface area is 140 Å². The molecule has 1 saturated heterocycles. The second-order valence-corrected chi connectivity index (χ2v) is 10.1. The number of hydrogen-bond acceptors (Lipinski definition) is 5. The van der Waals surface area contributed by atoms with Gasteiger partial charge >= 0.3 is 6.09 Å². The van der Waals surface area contributed by atoms with E-state index < -0.39 is 21.5 Å². The molecule has 2 atom stereocenters. The van der Waals surface area contributed by atoms with Crippen LogP contribution in [0.25, 0.3) is 0 Å². The molecule has 0 bridgehead atoms. The molecule has 0 aliphatic carbocycles. The Morgan fingerprint density at radius 2 is 1.96 bits per heavy atom. The molecule has 1 fully saturated rings. The monoisotopic (exact) mass is 348 g/mol. The minimum absolute atomic E-state index is 0.0297. The van der Waals surface area contributed by atoms with Gasteiger partial charge in [0, 0.05) is 18.6 Å². The molecule has 136 valence electrons. The number of carbonyl (C=O) groups excluding carboxylic acids is 1. The van der Waals surface area contributed by atoms with E-state index in [0.717, 1.165) is 12.8 Å². The Balaban J connectivity index is 2.54. The van der Waals surface area contributed by atoms with Crippen LogP contribution < -0.4 is 10.6 Å². The lowest BCUT2D eigenvalue weighted by atomic mass is 10.0. The summed E-state index contributed by atoms with van der Waals surface area (Å²) in [5, 5.41) is 6.19. The zero-order chi connectivity index (χ0) is 17.7. The summed E-state index contributed by atoms with van der Waals surface area (Å²) in [7, 11) is -2.94. The summed E-state index contributed by atoms with van der Waals surface area (Å²) >= 11 is 0. The van der Waals surface area contributed by atoms with Crippen LogP contribution >= 0.6 is 0 Å². The maximum atomic E-state index is 11.8. The number of nitrogens with one attached hydrogen (secondary N) is 2. The summed E-state index contributed by atoms with van der Waals surface area (Å²) in [4.78, 5) is 11.8. The highest BCUT2D eigenvalue weighted by molar-refractivity contribution is 7.91. The predicted molar refractivity (Wildman–Crippen MR) is 92.3 cm³/mol. The normalized spacial score (nSPS) is 22.6. The van der Waals surface area contributed by atoms with E-state index >= 15 is 0 Å². The van der Waals surface area contributed by atoms with Crippen LogP contribution in [0.15, 0.2) is 0 Å². The number of sulfone groups is 1. The highest BCUT2D eigenvalue weighted by Crippen LogP contribution is 2.14. The van der Waals surface area contributed by atoms with Gasteiger partial charge in [-0.15, -0.1) is 0 Å². The van der Waals surface area contributed by atoms with Crippen LogP contribution in [0.4, 0.5) is 4.79 Å². The molecule has 0 radical (unpaired) electrons. The molecule has 0 spiro atoms. The number of hydrogen-bond donors (Lipinski definition) is 2. The zero-order valence-electron chi connectivity index (χ0n) is 15.0. The first kappa shape index (κ1) is 20.2. The van der Waals surface area contributed by atoms with E-state index in [1.54, 1.807) is 0 Å². The lowest BCUT2D eigenvalue weighted by Crippen LogP contribution is -2.50. The molecule has 0 aromatic rings. The fourth-order valence-corrected chi connectivity index (χ4v) is 4.44. The molecular weight excluding hydrogens is 316 g/mol. The summed E-state index contributed by atoms with van der Waals surface area (Å²) in [6, 6.07) is 0.0127. The molecule has 1 aliphatic heterocycles. The van der Waals surface area contributed by atoms with E-state index in [1.165, 1.54) is 0 Å². The Morgan fingerprint density at radius 3 is 2.48 bits per heavy atom. The van der Waals surface area contributed by atoms with Crippen molar-refractivity contribution in [2.24, 2.45) is 5.92 Å². The Morgan fingerprint density at radius 1 is 1.30 bits per heavy atom. The van der Waals surface area contributed by atoms with Crippen molar-refractivity contribution in [2.45, 2.75) is 71.6 Å². The zero-order valence-corrected chi connectivity index (χ0v) is 15.8. The van der Waals surface area contributed by atoms with Crippen LogP contribution in [0.2, 0.25) is 0 Å². The van der Waals surface area contributed by atoms with Crippen LogP contribution in [0, 0.1) is 5.92 Å². The van der Waals surface area contributed by atoms with Crippen molar-refractivity contribution < 1.29 is 17.9 Å². The SMILES string of the molecule is CC(C)CC(CNC(=O)OC(C)(C)C)NC1CCCS(=O)(=O)C1. The standard InChI is InChI=1S/C16H32N2O4S/c1-12(2)9-14(10-17-15(19)22-16(3,4)5)18-13-7-6-8-23(20,21)11-13/h12-14,18H,6-11H2,1-5H3,(H,17,19). The third-order valence-corrected chi connectivity index (χ3v) is 5.40. The summed E-state index contributed by atoms with van der Waals surface area (Å²) in [6.07, 6.45) is 1.99. The van der Waals surface area contributed by atoms with Gasteiger partial charge in [-0.05, 0) is 46.0 Å². The highest BCUT2D eigenvalue weighted by atomic mass is 32.2. The molecule has 6 nitrogen and oxygen atoms in total. The Hall–Kier alpha value is -0.820. The Kier molecular flexibility index (Phi) is 7.32. The van der Waals surface area contributed by atoms with E-state index in [1.807, 2.05) is 20.8 Å². The van der Waals surface area contributed by atoms with Gasteiger partial charge in [-0.3, -0.25) is 0 Å². The van der Waals surface area contributed by atoms with E-state index in [0.29, 0.717) is 18.9 Å². The van der Waals surface area contributed by atoms with Crippen LogP contribution in [-0.4, -0.2) is 50.2 Å². The number of ether oxygens (including phenoxy) is 1. The summed E-state index contributed by atoms with van der Waals surface area (Å²) in [6.45, 7) is 10.1. The molecule has 1 amide bonds. The second-order valence-electron chi connectivity index (χ2n) is 7.83. The van der Waals surface area contributed by atoms with Crippen LogP contribution in [-0.2, 0) is 14.6 Å². The van der Waals surface area contributed by atoms with Crippen molar-refractivity contribution in [3.8, 4) is 0 Å². The lowest BCUT2D eigenvalue weighted by Gasteiger charge is -2.30. The largest absolute Gasteiger partial charge is 0.444 e. The van der Waals surface area contributed by atoms with Crippen LogP contribution in [0.5, 0.6) is 0 Å². The average molecular weight is 349 g/mol. The van der Waals surface area contributed by atoms with Gasteiger partial charge in [-0.1, -0.05) is 13.8 Å². The van der Waals surface area contributed by atoms with Crippen LogP contribution in [0.3, 0.4) is 0 Å². The van der Waals surface area contributed by atoms with Crippen molar-refractivity contribution in [1.29, 1.82) is 0 Å². The molecule has 2 unspecified atom stereocenters. The van der Waals surface area contributed by atoms with Crippen molar-refractivity contribution in [2.75, 3.05) is 18.1 Å². The molecule has 0 aromatic carbocycles. The number of rotatable bonds is 6. The molecule has 0 aromatic heterocycles. The number of carbonyl (C=O) groups is 1. The quantitative estimate of drug-likeness (QED) is 0.768. The van der Waals surface area contributed by atoms with Gasteiger partial charge < -0.3 is 15.4 Å². The maximum Gasteiger partial charge on any atom is 0.407 e. The van der Waals surface area contributed by atoms with Crippen molar-refractivity contribution >= 4 is 15.9 Å². The molecule has 0 saturated carbocycles. The summed E-state index contributed by atoms with van der Waals surface area (Å²) in [5.41, 5.74) is -0.525. The minimum atomic E-state index is -2.94. The van der Waals surface area contributed by atoms with Gasteiger partial charge in [0.15, 0.2) is 9.84 Å². The van der Waals surface area contributed by atoms with Crippen LogP contribution in [0.1, 0.15) is 53.9 Å². The van der Waals surface area contributed by atoms with Crippen molar-refractivity contribution in [3.63, 3.8) is 0 Å². The minimum Gasteiger partial charge on any atom is -0.444 e. The number of alkyl carbamates (subject to hydrolysis) is 1. The van der Waals surface area contributed by atoms with Gasteiger partial charge in [0.05, 0.1) is 11.5 Å². The van der Waals surface area contributed by atoms with Crippen molar-refractivity contribution in [3.05, 3.63) is 0 Å². The molecule has 23 heavy (non-hydrogen) atoms. The fraction of sp³-hybridized carbons (Fsp3) is 0.938. The fourth-order valence-electron chi connectivity index (χ4n) is 2.79. The predicted octanol–water partition coefficient (Wildman–Crippen LogP) is 2.09. The first-order chi connectivity index (χ1) is 10.5. The van der Waals surface area contributed by atoms with Gasteiger partial charge in [0.2, 0.25) is 0 Å². The first-order valence-electron chi connectivity index (χ1n) is 8.40. The molecule has 1 heterocycles. The molecule has 7 heteroatoms. The molecule has 1 rings (SSSR count). The smallest absolute Gasteiger partial charge is 0.407 e. The lowest BCUT2D eigenvalue weighted by molar-refractivity contribution is 0.0520. The van der Waals surface area contributed by atoms with Gasteiger partial charge in [-0.2, -0.15) is 0 Å². The van der Waals surface area contributed by atoms with E-state index in [2.05, 4.69) is 24.5 Å². The maximum absolute atomic E-state index is 11.8. The highest BCUT2D eigenvalue weighted by Gasteiger charge is 2.27. The first-order valence-corrected chi connectivity index (χ1v) is 10.2. The van der Waals surface area contributed by atoms with Gasteiger partial charge in [0.1, 0.15) is 5.60 Å². The van der Waals surface area contributed by atoms with E-state index in [4.69, 9.17) is 4.74 Å². The summed E-state index contributed by atoms with van der Waals surface area (Å²) in [5.74, 6) is 0.928. The van der Waals surface area contributed by atoms with E-state index in [9.17, 15) is 13.2 Å². The third kappa shape index (κ3) is 9.15. The molecule has 1 aliphatic rings. The van der Waals surface area contributed by atoms with Gasteiger partial charge in [0.25, 0.3) is 0 Å². The van der Waals surface area contributed by atoms with E-state index in [-0.39, 0.29) is 23.6 Å². The molecular formula is C16H32N2O4S. The number of amides is 1. The van der Waals surface area contributed by atoms with Gasteiger partial charge in [-0.25, -0.2) is 13.2 Å². The topological polar surface area (TPSA) is 84.5 Å². The molecule has 2 N–H and O–H groups in total. The average Bonchev–Trinajstić information content (AvgIpc) is 2.32. The Bertz CT molecular complexity index is 483.